The first-order chi connectivity index (χ1) is 6.06. The fourth-order valence-electron chi connectivity index (χ4n) is 1.04. The first-order valence-corrected chi connectivity index (χ1v) is 4.08. The second-order valence-electron chi connectivity index (χ2n) is 3.48. The van der Waals surface area contributed by atoms with E-state index in [2.05, 4.69) is 9.98 Å². The van der Waals surface area contributed by atoms with Crippen molar-refractivity contribution in [1.29, 1.82) is 0 Å². The second-order valence-corrected chi connectivity index (χ2v) is 3.48. The van der Waals surface area contributed by atoms with E-state index >= 15 is 0 Å². The van der Waals surface area contributed by atoms with Crippen molar-refractivity contribution in [1.82, 2.24) is 4.98 Å². The molecule has 0 saturated heterocycles. The molecule has 0 spiro atoms. The Hall–Kier alpha value is -1.47. The topological polar surface area (TPSA) is 42.3 Å². The van der Waals surface area contributed by atoms with E-state index in [9.17, 15) is 4.79 Å². The molecule has 0 fully saturated rings. The van der Waals surface area contributed by atoms with Crippen molar-refractivity contribution in [3.63, 3.8) is 0 Å². The van der Waals surface area contributed by atoms with Gasteiger partial charge in [0.05, 0.1) is 5.69 Å². The molecule has 0 unspecified atom stereocenters. The highest BCUT2D eigenvalue weighted by atomic mass is 16.1. The Morgan fingerprint density at radius 1 is 1.54 bits per heavy atom. The summed E-state index contributed by atoms with van der Waals surface area (Å²) in [6, 6.07) is 3.82. The van der Waals surface area contributed by atoms with E-state index in [0.717, 1.165) is 11.3 Å². The number of rotatable bonds is 2. The smallest absolute Gasteiger partial charge is 0.235 e. The maximum absolute atomic E-state index is 10.2. The number of pyridine rings is 1. The third kappa shape index (κ3) is 2.23. The summed E-state index contributed by atoms with van der Waals surface area (Å²) in [6.45, 7) is 5.64. The van der Waals surface area contributed by atoms with Crippen molar-refractivity contribution < 1.29 is 4.79 Å². The van der Waals surface area contributed by atoms with Gasteiger partial charge in [-0.05, 0) is 38.5 Å². The quantitative estimate of drug-likeness (QED) is 0.510. The molecule has 0 aliphatic rings. The number of aryl methyl sites for hydroxylation is 1. The van der Waals surface area contributed by atoms with Gasteiger partial charge >= 0.3 is 0 Å². The van der Waals surface area contributed by atoms with E-state index < -0.39 is 5.54 Å². The molecule has 3 nitrogen and oxygen atoms in total. The van der Waals surface area contributed by atoms with Gasteiger partial charge in [-0.25, -0.2) is 4.79 Å². The Morgan fingerprint density at radius 2 is 2.23 bits per heavy atom. The lowest BCUT2D eigenvalue weighted by molar-refractivity contribution is 0.512. The minimum atomic E-state index is -0.576. The Morgan fingerprint density at radius 3 is 2.77 bits per heavy atom. The number of hydrogen-bond acceptors (Lipinski definition) is 3. The third-order valence-electron chi connectivity index (χ3n) is 1.87. The predicted molar refractivity (Wildman–Crippen MR) is 50.1 cm³/mol. The fourth-order valence-corrected chi connectivity index (χ4v) is 1.04. The third-order valence-corrected chi connectivity index (χ3v) is 1.87. The molecule has 0 amide bonds. The SMILES string of the molecule is Cc1ccnc(C(C)(C)N=C=O)c1. The molecule has 0 aliphatic heterocycles. The molecule has 1 heterocycles. The summed E-state index contributed by atoms with van der Waals surface area (Å²) >= 11 is 0. The lowest BCUT2D eigenvalue weighted by Gasteiger charge is -2.16. The lowest BCUT2D eigenvalue weighted by atomic mass is 10.00. The number of carbonyl (C=O) groups excluding carboxylic acids is 1. The second kappa shape index (κ2) is 3.50. The minimum absolute atomic E-state index is 0.576. The number of aromatic nitrogens is 1. The van der Waals surface area contributed by atoms with E-state index in [4.69, 9.17) is 0 Å². The molecular weight excluding hydrogens is 164 g/mol. The summed E-state index contributed by atoms with van der Waals surface area (Å²) in [5.41, 5.74) is 1.32. The van der Waals surface area contributed by atoms with E-state index in [1.165, 1.54) is 0 Å². The Kier molecular flexibility index (Phi) is 2.59. The highest BCUT2D eigenvalue weighted by Gasteiger charge is 2.20. The molecule has 0 atom stereocenters. The molecule has 0 aromatic carbocycles. The van der Waals surface area contributed by atoms with Crippen molar-refractivity contribution in [3.05, 3.63) is 29.6 Å². The number of nitrogens with zero attached hydrogens (tertiary/aromatic N) is 2. The predicted octanol–water partition coefficient (Wildman–Crippen LogP) is 1.96. The van der Waals surface area contributed by atoms with Gasteiger partial charge in [-0.3, -0.25) is 4.98 Å². The zero-order chi connectivity index (χ0) is 9.90. The molecule has 1 aromatic rings. The van der Waals surface area contributed by atoms with Crippen LogP contribution in [0.15, 0.2) is 23.3 Å². The summed E-state index contributed by atoms with van der Waals surface area (Å²) < 4.78 is 0. The molecule has 68 valence electrons. The average molecular weight is 176 g/mol. The van der Waals surface area contributed by atoms with Crippen LogP contribution in [-0.4, -0.2) is 11.1 Å². The molecule has 3 heteroatoms. The molecule has 1 rings (SSSR count). The van der Waals surface area contributed by atoms with Crippen LogP contribution in [0.3, 0.4) is 0 Å². The van der Waals surface area contributed by atoms with Gasteiger partial charge in [-0.2, -0.15) is 4.99 Å². The van der Waals surface area contributed by atoms with Gasteiger partial charge in [0.1, 0.15) is 5.54 Å². The highest BCUT2D eigenvalue weighted by Crippen LogP contribution is 2.22. The zero-order valence-corrected chi connectivity index (χ0v) is 8.03. The van der Waals surface area contributed by atoms with Crippen molar-refractivity contribution in [2.24, 2.45) is 4.99 Å². The maximum atomic E-state index is 10.2. The van der Waals surface area contributed by atoms with Gasteiger partial charge in [0, 0.05) is 6.20 Å². The Bertz CT molecular complexity index is 352. The standard InChI is InChI=1S/C10H12N2O/c1-8-4-5-11-9(6-8)10(2,3)12-7-13/h4-6H,1-3H3. The number of aliphatic imine (C=N–C) groups is 1. The monoisotopic (exact) mass is 176 g/mol. The van der Waals surface area contributed by atoms with Gasteiger partial charge in [-0.1, -0.05) is 0 Å². The minimum Gasteiger partial charge on any atom is -0.259 e. The highest BCUT2D eigenvalue weighted by molar-refractivity contribution is 5.36. The van der Waals surface area contributed by atoms with Crippen LogP contribution in [-0.2, 0) is 10.3 Å². The molecular formula is C10H12N2O. The summed E-state index contributed by atoms with van der Waals surface area (Å²) in [6.07, 6.45) is 3.28. The molecule has 0 aliphatic carbocycles. The van der Waals surface area contributed by atoms with Crippen LogP contribution in [0.2, 0.25) is 0 Å². The molecule has 0 N–H and O–H groups in total. The van der Waals surface area contributed by atoms with Gasteiger partial charge in [-0.15, -0.1) is 0 Å². The zero-order valence-electron chi connectivity index (χ0n) is 8.03. The first-order valence-electron chi connectivity index (χ1n) is 4.08. The van der Waals surface area contributed by atoms with Gasteiger partial charge in [0.15, 0.2) is 0 Å². The maximum Gasteiger partial charge on any atom is 0.235 e. The summed E-state index contributed by atoms with van der Waals surface area (Å²) in [5.74, 6) is 0. The normalized spacial score (nSPS) is 10.7. The van der Waals surface area contributed by atoms with Crippen molar-refractivity contribution in [2.45, 2.75) is 26.3 Å². The van der Waals surface area contributed by atoms with Crippen molar-refractivity contribution >= 4 is 6.08 Å². The molecule has 1 aromatic heterocycles. The van der Waals surface area contributed by atoms with E-state index in [1.807, 2.05) is 32.9 Å². The lowest BCUT2D eigenvalue weighted by Crippen LogP contribution is -2.15. The summed E-state index contributed by atoms with van der Waals surface area (Å²) in [7, 11) is 0. The first kappa shape index (κ1) is 9.62. The average Bonchev–Trinajstić information content (AvgIpc) is 2.04. The van der Waals surface area contributed by atoms with Gasteiger partial charge < -0.3 is 0 Å². The van der Waals surface area contributed by atoms with E-state index in [0.29, 0.717) is 0 Å². The van der Waals surface area contributed by atoms with Crippen LogP contribution in [0.5, 0.6) is 0 Å². The van der Waals surface area contributed by atoms with Crippen LogP contribution in [0.1, 0.15) is 25.1 Å². The van der Waals surface area contributed by atoms with Crippen LogP contribution in [0.25, 0.3) is 0 Å². The van der Waals surface area contributed by atoms with Crippen LogP contribution in [0, 0.1) is 6.92 Å². The van der Waals surface area contributed by atoms with Crippen LogP contribution < -0.4 is 0 Å². The van der Waals surface area contributed by atoms with Crippen LogP contribution in [0.4, 0.5) is 0 Å². The van der Waals surface area contributed by atoms with E-state index in [1.54, 1.807) is 12.3 Å². The molecule has 0 radical (unpaired) electrons. The van der Waals surface area contributed by atoms with E-state index in [-0.39, 0.29) is 0 Å². The Labute approximate surface area is 77.5 Å². The molecule has 0 saturated carbocycles. The summed E-state index contributed by atoms with van der Waals surface area (Å²) in [5, 5.41) is 0. The van der Waals surface area contributed by atoms with Crippen molar-refractivity contribution in [2.75, 3.05) is 0 Å². The molecule has 0 bridgehead atoms. The molecule has 13 heavy (non-hydrogen) atoms. The van der Waals surface area contributed by atoms with Gasteiger partial charge in [0.25, 0.3) is 0 Å². The number of hydrogen-bond donors (Lipinski definition) is 0. The summed E-state index contributed by atoms with van der Waals surface area (Å²) in [4.78, 5) is 18.0. The van der Waals surface area contributed by atoms with Crippen molar-refractivity contribution in [3.8, 4) is 0 Å². The number of isocyanates is 1. The largest absolute Gasteiger partial charge is 0.259 e. The van der Waals surface area contributed by atoms with Gasteiger partial charge in [0.2, 0.25) is 6.08 Å². The Balaban J connectivity index is 3.13. The fraction of sp³-hybridized carbons (Fsp3) is 0.400. The van der Waals surface area contributed by atoms with Crippen LogP contribution >= 0.6 is 0 Å².